The Morgan fingerprint density at radius 3 is 2.43 bits per heavy atom. The van der Waals surface area contributed by atoms with Crippen molar-refractivity contribution in [3.05, 3.63) is 21.9 Å². The molecule has 2 heteroatoms. The second-order valence-corrected chi connectivity index (χ2v) is 4.82. The van der Waals surface area contributed by atoms with Gasteiger partial charge in [0.1, 0.15) is 0 Å². The van der Waals surface area contributed by atoms with E-state index in [1.54, 1.807) is 0 Å². The van der Waals surface area contributed by atoms with E-state index in [0.29, 0.717) is 12.1 Å². The van der Waals surface area contributed by atoms with Crippen LogP contribution in [0.4, 0.5) is 0 Å². The maximum absolute atomic E-state index is 3.67. The van der Waals surface area contributed by atoms with E-state index in [-0.39, 0.29) is 0 Å². The molecule has 1 aromatic rings. The summed E-state index contributed by atoms with van der Waals surface area (Å²) < 4.78 is 0. The molecule has 0 fully saturated rings. The summed E-state index contributed by atoms with van der Waals surface area (Å²) in [6, 6.07) is 3.36. The van der Waals surface area contributed by atoms with Crippen LogP contribution in [0.5, 0.6) is 0 Å². The first-order valence-corrected chi connectivity index (χ1v) is 6.37. The molecule has 0 aliphatic rings. The molecule has 0 saturated heterocycles. The highest BCUT2D eigenvalue weighted by molar-refractivity contribution is 7.10. The smallest absolute Gasteiger partial charge is 0.0390 e. The lowest BCUT2D eigenvalue weighted by molar-refractivity contribution is 0.435. The summed E-state index contributed by atoms with van der Waals surface area (Å²) in [5.41, 5.74) is 1.42. The van der Waals surface area contributed by atoms with Gasteiger partial charge in [-0.25, -0.2) is 0 Å². The second kappa shape index (κ2) is 5.52. The zero-order chi connectivity index (χ0) is 10.6. The standard InChI is InChI=1S/C12H21NS/c1-5-11(6-2)13-10(4)12-9(3)7-8-14-12/h7-8,10-11,13H,5-6H2,1-4H3/t10-/m0/s1. The third kappa shape index (κ3) is 2.82. The van der Waals surface area contributed by atoms with Gasteiger partial charge in [-0.1, -0.05) is 13.8 Å². The van der Waals surface area contributed by atoms with Gasteiger partial charge in [-0.15, -0.1) is 11.3 Å². The van der Waals surface area contributed by atoms with Crippen LogP contribution in [0.15, 0.2) is 11.4 Å². The quantitative estimate of drug-likeness (QED) is 0.779. The fraction of sp³-hybridized carbons (Fsp3) is 0.667. The van der Waals surface area contributed by atoms with Crippen LogP contribution in [0.1, 0.15) is 50.1 Å². The average Bonchev–Trinajstić information content (AvgIpc) is 2.60. The van der Waals surface area contributed by atoms with Gasteiger partial charge in [0, 0.05) is 17.0 Å². The van der Waals surface area contributed by atoms with Crippen molar-refractivity contribution in [2.75, 3.05) is 0 Å². The van der Waals surface area contributed by atoms with E-state index in [1.807, 2.05) is 11.3 Å². The summed E-state index contributed by atoms with van der Waals surface area (Å²) in [6.07, 6.45) is 2.43. The second-order valence-electron chi connectivity index (χ2n) is 3.87. The van der Waals surface area contributed by atoms with E-state index < -0.39 is 0 Å². The van der Waals surface area contributed by atoms with Crippen molar-refractivity contribution in [2.24, 2.45) is 0 Å². The Balaban J connectivity index is 2.58. The SMILES string of the molecule is CCC(CC)N[C@@H](C)c1sccc1C. The predicted octanol–water partition coefficient (Wildman–Crippen LogP) is 3.90. The summed E-state index contributed by atoms with van der Waals surface area (Å²) in [7, 11) is 0. The van der Waals surface area contributed by atoms with Crippen molar-refractivity contribution in [2.45, 2.75) is 52.6 Å². The summed E-state index contributed by atoms with van der Waals surface area (Å²) in [6.45, 7) is 8.94. The summed E-state index contributed by atoms with van der Waals surface area (Å²) in [5, 5.41) is 5.85. The largest absolute Gasteiger partial charge is 0.307 e. The Morgan fingerprint density at radius 2 is 2.00 bits per heavy atom. The van der Waals surface area contributed by atoms with Crippen molar-refractivity contribution >= 4 is 11.3 Å². The first-order valence-electron chi connectivity index (χ1n) is 5.49. The van der Waals surface area contributed by atoms with Crippen molar-refractivity contribution < 1.29 is 0 Å². The van der Waals surface area contributed by atoms with Crippen LogP contribution in [-0.2, 0) is 0 Å². The van der Waals surface area contributed by atoms with E-state index >= 15 is 0 Å². The summed E-state index contributed by atoms with van der Waals surface area (Å²) in [4.78, 5) is 1.48. The van der Waals surface area contributed by atoms with Crippen LogP contribution < -0.4 is 5.32 Å². The Morgan fingerprint density at radius 1 is 1.36 bits per heavy atom. The first kappa shape index (κ1) is 11.7. The van der Waals surface area contributed by atoms with Crippen LogP contribution in [0, 0.1) is 6.92 Å². The van der Waals surface area contributed by atoms with Crippen LogP contribution in [0.25, 0.3) is 0 Å². The van der Waals surface area contributed by atoms with E-state index in [4.69, 9.17) is 0 Å². The van der Waals surface area contributed by atoms with Gasteiger partial charge in [0.25, 0.3) is 0 Å². The van der Waals surface area contributed by atoms with Gasteiger partial charge >= 0.3 is 0 Å². The maximum Gasteiger partial charge on any atom is 0.0390 e. The fourth-order valence-corrected chi connectivity index (χ4v) is 2.73. The molecule has 0 aliphatic heterocycles. The summed E-state index contributed by atoms with van der Waals surface area (Å²) in [5.74, 6) is 0. The van der Waals surface area contributed by atoms with Gasteiger partial charge in [0.05, 0.1) is 0 Å². The highest BCUT2D eigenvalue weighted by Crippen LogP contribution is 2.24. The third-order valence-corrected chi connectivity index (χ3v) is 3.97. The topological polar surface area (TPSA) is 12.0 Å². The number of hydrogen-bond acceptors (Lipinski definition) is 2. The molecule has 1 nitrogen and oxygen atoms in total. The van der Waals surface area contributed by atoms with E-state index in [9.17, 15) is 0 Å². The molecule has 0 aromatic carbocycles. The summed E-state index contributed by atoms with van der Waals surface area (Å²) >= 11 is 1.86. The Labute approximate surface area is 91.5 Å². The van der Waals surface area contributed by atoms with Gasteiger partial charge in [-0.2, -0.15) is 0 Å². The van der Waals surface area contributed by atoms with Crippen LogP contribution in [0.3, 0.4) is 0 Å². The molecular formula is C12H21NS. The number of thiophene rings is 1. The van der Waals surface area contributed by atoms with Gasteiger partial charge in [0.15, 0.2) is 0 Å². The van der Waals surface area contributed by atoms with Gasteiger partial charge in [-0.3, -0.25) is 0 Å². The number of hydrogen-bond donors (Lipinski definition) is 1. The van der Waals surface area contributed by atoms with Crippen molar-refractivity contribution in [1.82, 2.24) is 5.32 Å². The van der Waals surface area contributed by atoms with Crippen LogP contribution in [-0.4, -0.2) is 6.04 Å². The zero-order valence-corrected chi connectivity index (χ0v) is 10.4. The van der Waals surface area contributed by atoms with E-state index in [1.165, 1.54) is 23.3 Å². The zero-order valence-electron chi connectivity index (χ0n) is 9.63. The molecular weight excluding hydrogens is 190 g/mol. The van der Waals surface area contributed by atoms with Crippen LogP contribution in [0.2, 0.25) is 0 Å². The average molecular weight is 211 g/mol. The highest BCUT2D eigenvalue weighted by atomic mass is 32.1. The first-order chi connectivity index (χ1) is 6.69. The molecule has 0 spiro atoms. The molecule has 1 atom stereocenters. The molecule has 1 N–H and O–H groups in total. The Bertz CT molecular complexity index is 263. The molecule has 0 bridgehead atoms. The monoisotopic (exact) mass is 211 g/mol. The van der Waals surface area contributed by atoms with Gasteiger partial charge in [-0.05, 0) is 43.7 Å². The van der Waals surface area contributed by atoms with Crippen molar-refractivity contribution in [3.8, 4) is 0 Å². The molecule has 0 unspecified atom stereocenters. The highest BCUT2D eigenvalue weighted by Gasteiger charge is 2.12. The van der Waals surface area contributed by atoms with Gasteiger partial charge < -0.3 is 5.32 Å². The minimum Gasteiger partial charge on any atom is -0.307 e. The normalized spacial score (nSPS) is 13.5. The Hall–Kier alpha value is -0.340. The molecule has 80 valence electrons. The molecule has 1 heterocycles. The minimum absolute atomic E-state index is 0.500. The molecule has 0 aliphatic carbocycles. The van der Waals surface area contributed by atoms with Crippen molar-refractivity contribution in [3.63, 3.8) is 0 Å². The number of nitrogens with one attached hydrogen (secondary N) is 1. The molecule has 1 aromatic heterocycles. The minimum atomic E-state index is 0.500. The number of rotatable bonds is 5. The molecule has 14 heavy (non-hydrogen) atoms. The Kier molecular flexibility index (Phi) is 4.63. The molecule has 0 amide bonds. The number of aryl methyl sites for hydroxylation is 1. The van der Waals surface area contributed by atoms with E-state index in [2.05, 4.69) is 44.5 Å². The lowest BCUT2D eigenvalue weighted by Gasteiger charge is -2.20. The lowest BCUT2D eigenvalue weighted by atomic mass is 10.1. The predicted molar refractivity (Wildman–Crippen MR) is 65.0 cm³/mol. The molecule has 0 radical (unpaired) electrons. The fourth-order valence-electron chi connectivity index (χ4n) is 1.78. The third-order valence-electron chi connectivity index (χ3n) is 2.77. The lowest BCUT2D eigenvalue weighted by Crippen LogP contribution is -2.30. The molecule has 1 rings (SSSR count). The van der Waals surface area contributed by atoms with E-state index in [0.717, 1.165) is 0 Å². The molecule has 0 saturated carbocycles. The van der Waals surface area contributed by atoms with Crippen molar-refractivity contribution in [1.29, 1.82) is 0 Å². The maximum atomic E-state index is 3.67. The van der Waals surface area contributed by atoms with Gasteiger partial charge in [0.2, 0.25) is 0 Å². The van der Waals surface area contributed by atoms with Crippen LogP contribution >= 0.6 is 11.3 Å².